The number of sulfonamides is 1. The fourth-order valence-corrected chi connectivity index (χ4v) is 3.76. The van der Waals surface area contributed by atoms with Crippen LogP contribution in [0.1, 0.15) is 32.6 Å². The molecule has 5 heteroatoms. The Balaban J connectivity index is 2.09. The number of hydrogen-bond donors (Lipinski definition) is 2. The van der Waals surface area contributed by atoms with Crippen molar-refractivity contribution in [1.82, 2.24) is 4.72 Å². The van der Waals surface area contributed by atoms with Gasteiger partial charge in [0.05, 0.1) is 4.90 Å². The average Bonchev–Trinajstić information content (AvgIpc) is 2.29. The van der Waals surface area contributed by atoms with E-state index in [1.54, 1.807) is 24.3 Å². The van der Waals surface area contributed by atoms with Crippen LogP contribution in [0, 0.1) is 5.92 Å². The Labute approximate surface area is 109 Å². The minimum atomic E-state index is -3.41. The molecule has 1 aromatic rings. The van der Waals surface area contributed by atoms with E-state index in [1.165, 1.54) is 6.42 Å². The summed E-state index contributed by atoms with van der Waals surface area (Å²) in [5.41, 5.74) is 6.13. The van der Waals surface area contributed by atoms with E-state index in [9.17, 15) is 8.42 Å². The van der Waals surface area contributed by atoms with Crippen molar-refractivity contribution in [2.75, 3.05) is 5.73 Å². The van der Waals surface area contributed by atoms with Gasteiger partial charge in [-0.2, -0.15) is 0 Å². The fourth-order valence-electron chi connectivity index (χ4n) is 2.48. The summed E-state index contributed by atoms with van der Waals surface area (Å²) in [7, 11) is -3.41. The molecule has 1 fully saturated rings. The Kier molecular flexibility index (Phi) is 3.92. The van der Waals surface area contributed by atoms with Gasteiger partial charge >= 0.3 is 0 Å². The average molecular weight is 268 g/mol. The van der Waals surface area contributed by atoms with Crippen LogP contribution in [0.3, 0.4) is 0 Å². The Morgan fingerprint density at radius 2 is 1.89 bits per heavy atom. The van der Waals surface area contributed by atoms with Gasteiger partial charge in [-0.15, -0.1) is 0 Å². The molecule has 1 saturated carbocycles. The molecule has 0 bridgehead atoms. The van der Waals surface area contributed by atoms with Gasteiger partial charge in [0.25, 0.3) is 0 Å². The lowest BCUT2D eigenvalue weighted by atomic mass is 9.88. The minimum absolute atomic E-state index is 0.0660. The van der Waals surface area contributed by atoms with Crippen LogP contribution in [-0.2, 0) is 10.0 Å². The molecule has 0 radical (unpaired) electrons. The normalized spacial score (nSPS) is 24.9. The zero-order valence-corrected chi connectivity index (χ0v) is 11.4. The van der Waals surface area contributed by atoms with Crippen molar-refractivity contribution in [3.8, 4) is 0 Å². The van der Waals surface area contributed by atoms with Crippen molar-refractivity contribution in [3.05, 3.63) is 24.3 Å². The van der Waals surface area contributed by atoms with Crippen molar-refractivity contribution in [2.45, 2.75) is 43.5 Å². The predicted octanol–water partition coefficient (Wildman–Crippen LogP) is 2.13. The van der Waals surface area contributed by atoms with Crippen LogP contribution in [-0.4, -0.2) is 14.5 Å². The van der Waals surface area contributed by atoms with Crippen LogP contribution in [0.15, 0.2) is 29.2 Å². The highest BCUT2D eigenvalue weighted by atomic mass is 32.2. The first kappa shape index (κ1) is 13.4. The predicted molar refractivity (Wildman–Crippen MR) is 72.6 cm³/mol. The molecule has 2 unspecified atom stereocenters. The van der Waals surface area contributed by atoms with Crippen molar-refractivity contribution in [2.24, 2.45) is 5.92 Å². The topological polar surface area (TPSA) is 72.2 Å². The third-order valence-corrected chi connectivity index (χ3v) is 4.99. The Hall–Kier alpha value is -1.07. The van der Waals surface area contributed by atoms with Crippen molar-refractivity contribution < 1.29 is 8.42 Å². The van der Waals surface area contributed by atoms with E-state index in [0.29, 0.717) is 11.6 Å². The first-order chi connectivity index (χ1) is 8.47. The molecule has 1 aliphatic rings. The molecule has 0 aromatic heterocycles. The molecule has 1 aliphatic carbocycles. The van der Waals surface area contributed by atoms with Crippen LogP contribution in [0.25, 0.3) is 0 Å². The van der Waals surface area contributed by atoms with Gasteiger partial charge in [0.2, 0.25) is 10.0 Å². The van der Waals surface area contributed by atoms with Gasteiger partial charge in [-0.3, -0.25) is 0 Å². The van der Waals surface area contributed by atoms with E-state index in [-0.39, 0.29) is 10.9 Å². The molecule has 2 rings (SSSR count). The van der Waals surface area contributed by atoms with Crippen molar-refractivity contribution in [3.63, 3.8) is 0 Å². The van der Waals surface area contributed by atoms with E-state index in [1.807, 2.05) is 0 Å². The molecule has 0 aliphatic heterocycles. The van der Waals surface area contributed by atoms with Crippen LogP contribution in [0.2, 0.25) is 0 Å². The first-order valence-electron chi connectivity index (χ1n) is 6.35. The molecule has 0 spiro atoms. The maximum absolute atomic E-state index is 12.2. The lowest BCUT2D eigenvalue weighted by Crippen LogP contribution is -2.37. The zero-order valence-electron chi connectivity index (χ0n) is 10.6. The number of benzene rings is 1. The summed E-state index contributed by atoms with van der Waals surface area (Å²) in [6.45, 7) is 2.17. The maximum atomic E-state index is 12.2. The minimum Gasteiger partial charge on any atom is -0.399 e. The second kappa shape index (κ2) is 5.28. The summed E-state index contributed by atoms with van der Waals surface area (Å²) in [5, 5.41) is 0. The lowest BCUT2D eigenvalue weighted by Gasteiger charge is -2.27. The highest BCUT2D eigenvalue weighted by molar-refractivity contribution is 7.89. The van der Waals surface area contributed by atoms with Crippen LogP contribution < -0.4 is 10.5 Å². The Bertz CT molecular complexity index is 496. The van der Waals surface area contributed by atoms with Gasteiger partial charge in [0.1, 0.15) is 0 Å². The molecule has 0 heterocycles. The van der Waals surface area contributed by atoms with Gasteiger partial charge < -0.3 is 5.73 Å². The molecular formula is C13H20N2O2S. The highest BCUT2D eigenvalue weighted by Gasteiger charge is 2.24. The number of nitrogens with one attached hydrogen (secondary N) is 1. The van der Waals surface area contributed by atoms with Gasteiger partial charge in [-0.1, -0.05) is 19.8 Å². The molecule has 3 N–H and O–H groups in total. The van der Waals surface area contributed by atoms with Crippen LogP contribution >= 0.6 is 0 Å². The highest BCUT2D eigenvalue weighted by Crippen LogP contribution is 2.25. The summed E-state index contributed by atoms with van der Waals surface area (Å²) in [5.74, 6) is 0.595. The fraction of sp³-hybridized carbons (Fsp3) is 0.538. The van der Waals surface area contributed by atoms with Gasteiger partial charge in [-0.05, 0) is 43.0 Å². The summed E-state index contributed by atoms with van der Waals surface area (Å²) in [6.07, 6.45) is 4.14. The monoisotopic (exact) mass is 268 g/mol. The van der Waals surface area contributed by atoms with Gasteiger partial charge in [-0.25, -0.2) is 13.1 Å². The Morgan fingerprint density at radius 1 is 1.22 bits per heavy atom. The number of rotatable bonds is 3. The number of nitrogen functional groups attached to an aromatic ring is 1. The zero-order chi connectivity index (χ0) is 13.2. The van der Waals surface area contributed by atoms with Crippen LogP contribution in [0.4, 0.5) is 5.69 Å². The SMILES string of the molecule is CC1CCCC(NS(=O)(=O)c2ccc(N)cc2)C1. The lowest BCUT2D eigenvalue weighted by molar-refractivity contribution is 0.327. The third kappa shape index (κ3) is 3.23. The largest absolute Gasteiger partial charge is 0.399 e. The van der Waals surface area contributed by atoms with Crippen LogP contribution in [0.5, 0.6) is 0 Å². The molecule has 0 amide bonds. The van der Waals surface area contributed by atoms with Gasteiger partial charge in [0.15, 0.2) is 0 Å². The summed E-state index contributed by atoms with van der Waals surface area (Å²) >= 11 is 0. The molecule has 4 nitrogen and oxygen atoms in total. The molecule has 0 saturated heterocycles. The van der Waals surface area contributed by atoms with E-state index in [4.69, 9.17) is 5.73 Å². The summed E-state index contributed by atoms with van der Waals surface area (Å²) < 4.78 is 27.1. The summed E-state index contributed by atoms with van der Waals surface area (Å²) in [6, 6.07) is 6.38. The van der Waals surface area contributed by atoms with E-state index < -0.39 is 10.0 Å². The second-order valence-electron chi connectivity index (χ2n) is 5.16. The maximum Gasteiger partial charge on any atom is 0.240 e. The number of hydrogen-bond acceptors (Lipinski definition) is 3. The van der Waals surface area contributed by atoms with Crippen molar-refractivity contribution in [1.29, 1.82) is 0 Å². The van der Waals surface area contributed by atoms with E-state index in [0.717, 1.165) is 19.3 Å². The molecule has 18 heavy (non-hydrogen) atoms. The first-order valence-corrected chi connectivity index (χ1v) is 7.83. The molecule has 100 valence electrons. The quantitative estimate of drug-likeness (QED) is 0.825. The molecular weight excluding hydrogens is 248 g/mol. The second-order valence-corrected chi connectivity index (χ2v) is 6.87. The standard InChI is InChI=1S/C13H20N2O2S/c1-10-3-2-4-12(9-10)15-18(16,17)13-7-5-11(14)6-8-13/h5-8,10,12,15H,2-4,9,14H2,1H3. The van der Waals surface area contributed by atoms with E-state index in [2.05, 4.69) is 11.6 Å². The smallest absolute Gasteiger partial charge is 0.240 e. The van der Waals surface area contributed by atoms with Crippen molar-refractivity contribution >= 4 is 15.7 Å². The number of nitrogens with two attached hydrogens (primary N) is 1. The third-order valence-electron chi connectivity index (χ3n) is 3.45. The van der Waals surface area contributed by atoms with E-state index >= 15 is 0 Å². The Morgan fingerprint density at radius 3 is 2.50 bits per heavy atom. The van der Waals surface area contributed by atoms with Gasteiger partial charge in [0, 0.05) is 11.7 Å². The molecule has 2 atom stereocenters. The molecule has 1 aromatic carbocycles. The summed E-state index contributed by atoms with van der Waals surface area (Å²) in [4.78, 5) is 0.287. The number of anilines is 1.